The first-order chi connectivity index (χ1) is 17.2. The van der Waals surface area contributed by atoms with Crippen LogP contribution in [0.25, 0.3) is 11.5 Å². The average molecular weight is 503 g/mol. The van der Waals surface area contributed by atoms with Crippen LogP contribution in [0.1, 0.15) is 36.0 Å². The number of ether oxygens (including phenoxy) is 1. The van der Waals surface area contributed by atoms with Crippen molar-refractivity contribution in [3.63, 3.8) is 0 Å². The number of aromatic nitrogens is 2. The van der Waals surface area contributed by atoms with Gasteiger partial charge in [0.1, 0.15) is 5.82 Å². The Morgan fingerprint density at radius 3 is 2.47 bits per heavy atom. The normalized spacial score (nSPS) is 14.4. The van der Waals surface area contributed by atoms with Gasteiger partial charge in [-0.3, -0.25) is 4.79 Å². The van der Waals surface area contributed by atoms with Crippen molar-refractivity contribution in [1.82, 2.24) is 14.9 Å². The predicted molar refractivity (Wildman–Crippen MR) is 124 cm³/mol. The maximum atomic E-state index is 13.5. The van der Waals surface area contributed by atoms with Crippen LogP contribution >= 0.6 is 0 Å². The van der Waals surface area contributed by atoms with E-state index in [4.69, 9.17) is 9.15 Å². The van der Waals surface area contributed by atoms with Crippen molar-refractivity contribution in [2.75, 3.05) is 30.3 Å². The van der Waals surface area contributed by atoms with Gasteiger partial charge in [0, 0.05) is 24.7 Å². The molecule has 3 heterocycles. The molecule has 190 valence electrons. The van der Waals surface area contributed by atoms with Crippen LogP contribution < -0.4 is 10.6 Å². The third-order valence-corrected chi connectivity index (χ3v) is 5.51. The topological polar surface area (TPSA) is 110 Å². The summed E-state index contributed by atoms with van der Waals surface area (Å²) in [5.74, 6) is -2.31. The molecule has 1 fully saturated rings. The van der Waals surface area contributed by atoms with Crippen LogP contribution in [0.3, 0.4) is 0 Å². The van der Waals surface area contributed by atoms with Crippen molar-refractivity contribution in [2.24, 2.45) is 0 Å². The molecule has 0 spiro atoms. The number of hydrogen-bond donors (Lipinski definition) is 2. The molecule has 1 aliphatic heterocycles. The maximum absolute atomic E-state index is 13.5. The molecule has 0 saturated carbocycles. The minimum Gasteiger partial charge on any atom is -0.450 e. The average Bonchev–Trinajstić information content (AvgIpc) is 3.33. The zero-order valence-corrected chi connectivity index (χ0v) is 19.3. The van der Waals surface area contributed by atoms with E-state index in [2.05, 4.69) is 20.6 Å². The molecule has 0 radical (unpaired) electrons. The van der Waals surface area contributed by atoms with E-state index < -0.39 is 23.5 Å². The molecule has 1 aliphatic rings. The molecule has 0 bridgehead atoms. The van der Waals surface area contributed by atoms with Crippen LogP contribution in [0.4, 0.5) is 29.5 Å². The van der Waals surface area contributed by atoms with Gasteiger partial charge in [-0.1, -0.05) is 18.2 Å². The lowest BCUT2D eigenvalue weighted by Gasteiger charge is -2.31. The lowest BCUT2D eigenvalue weighted by molar-refractivity contribution is -0.153. The van der Waals surface area contributed by atoms with E-state index in [1.807, 2.05) is 0 Å². The molecule has 36 heavy (non-hydrogen) atoms. The number of likely N-dealkylation sites (tertiary alicyclic amines) is 1. The molecular formula is C24H24F3N5O4. The number of pyridine rings is 1. The van der Waals surface area contributed by atoms with Gasteiger partial charge in [0.2, 0.25) is 11.7 Å². The molecule has 4 rings (SSSR count). The number of hydrogen-bond acceptors (Lipinski definition) is 7. The Kier molecular flexibility index (Phi) is 7.41. The van der Waals surface area contributed by atoms with Gasteiger partial charge in [0.15, 0.2) is 5.69 Å². The van der Waals surface area contributed by atoms with E-state index in [9.17, 15) is 22.8 Å². The number of amides is 2. The van der Waals surface area contributed by atoms with Crippen LogP contribution in [-0.4, -0.2) is 52.6 Å². The number of nitrogens with one attached hydrogen (secondary N) is 2. The number of carbonyl (C=O) groups is 2. The van der Waals surface area contributed by atoms with E-state index >= 15 is 0 Å². The summed E-state index contributed by atoms with van der Waals surface area (Å²) < 4.78 is 50.4. The third-order valence-electron chi connectivity index (χ3n) is 5.51. The summed E-state index contributed by atoms with van der Waals surface area (Å²) in [6.07, 6.45) is -2.49. The molecule has 1 saturated heterocycles. The first-order valence-corrected chi connectivity index (χ1v) is 11.3. The Balaban J connectivity index is 1.39. The van der Waals surface area contributed by atoms with Gasteiger partial charge in [0.25, 0.3) is 5.91 Å². The summed E-state index contributed by atoms with van der Waals surface area (Å²) in [7, 11) is 0. The van der Waals surface area contributed by atoms with Gasteiger partial charge in [-0.15, -0.1) is 0 Å². The van der Waals surface area contributed by atoms with E-state index in [0.717, 1.165) is 0 Å². The lowest BCUT2D eigenvalue weighted by atomic mass is 10.1. The highest BCUT2D eigenvalue weighted by Gasteiger charge is 2.42. The number of rotatable bonds is 6. The van der Waals surface area contributed by atoms with Gasteiger partial charge < -0.3 is 24.7 Å². The van der Waals surface area contributed by atoms with Gasteiger partial charge in [0.05, 0.1) is 18.5 Å². The van der Waals surface area contributed by atoms with Crippen LogP contribution in [-0.2, 0) is 10.9 Å². The standard InChI is InChI=1S/C24H24F3N5O4/c1-2-35-23(34)32-12-10-16(11-13-32)29-18-9-8-17(14-28-18)30-21(33)19-20(24(25,26)27)36-22(31-19)15-6-4-3-5-7-15/h3-9,14,16H,2,10-13H2,1H3,(H,28,29)(H,30,33). The van der Waals surface area contributed by atoms with E-state index in [0.29, 0.717) is 43.9 Å². The highest BCUT2D eigenvalue weighted by Crippen LogP contribution is 2.35. The Labute approximate surface area is 204 Å². The largest absolute Gasteiger partial charge is 0.452 e. The van der Waals surface area contributed by atoms with Crippen molar-refractivity contribution in [1.29, 1.82) is 0 Å². The first-order valence-electron chi connectivity index (χ1n) is 11.3. The van der Waals surface area contributed by atoms with Gasteiger partial charge in [-0.2, -0.15) is 13.2 Å². The van der Waals surface area contributed by atoms with Gasteiger partial charge >= 0.3 is 12.3 Å². The molecular weight excluding hydrogens is 479 g/mol. The summed E-state index contributed by atoms with van der Waals surface area (Å²) in [5, 5.41) is 5.64. The molecule has 0 atom stereocenters. The number of nitrogens with zero attached hydrogens (tertiary/aromatic N) is 3. The van der Waals surface area contributed by atoms with Crippen molar-refractivity contribution in [3.8, 4) is 11.5 Å². The summed E-state index contributed by atoms with van der Waals surface area (Å²) >= 11 is 0. The summed E-state index contributed by atoms with van der Waals surface area (Å²) in [4.78, 5) is 34.1. The fraction of sp³-hybridized carbons (Fsp3) is 0.333. The molecule has 0 aliphatic carbocycles. The second kappa shape index (κ2) is 10.7. The first kappa shape index (κ1) is 25.0. The minimum absolute atomic E-state index is 0.0875. The van der Waals surface area contributed by atoms with Crippen LogP contribution in [0, 0.1) is 0 Å². The molecule has 2 amide bonds. The summed E-state index contributed by atoms with van der Waals surface area (Å²) in [5.41, 5.74) is -0.357. The minimum atomic E-state index is -4.90. The highest BCUT2D eigenvalue weighted by atomic mass is 19.4. The van der Waals surface area contributed by atoms with Crippen LogP contribution in [0.5, 0.6) is 0 Å². The summed E-state index contributed by atoms with van der Waals surface area (Å²) in [6, 6.07) is 11.2. The highest BCUT2D eigenvalue weighted by molar-refractivity contribution is 6.04. The van der Waals surface area contributed by atoms with Crippen LogP contribution in [0.2, 0.25) is 0 Å². The monoisotopic (exact) mass is 503 g/mol. The second-order valence-corrected chi connectivity index (χ2v) is 8.05. The van der Waals surface area contributed by atoms with E-state index in [1.165, 1.54) is 24.4 Å². The molecule has 2 aromatic heterocycles. The van der Waals surface area contributed by atoms with Crippen molar-refractivity contribution in [2.45, 2.75) is 32.0 Å². The van der Waals surface area contributed by atoms with Crippen molar-refractivity contribution < 1.29 is 31.9 Å². The van der Waals surface area contributed by atoms with Crippen molar-refractivity contribution >= 4 is 23.5 Å². The number of piperidine rings is 1. The number of oxazole rings is 1. The fourth-order valence-corrected chi connectivity index (χ4v) is 3.74. The Morgan fingerprint density at radius 1 is 1.14 bits per heavy atom. The zero-order chi connectivity index (χ0) is 25.7. The van der Waals surface area contributed by atoms with Crippen LogP contribution in [0.15, 0.2) is 53.1 Å². The summed E-state index contributed by atoms with van der Waals surface area (Å²) in [6.45, 7) is 3.18. The predicted octanol–water partition coefficient (Wildman–Crippen LogP) is 5.04. The molecule has 2 N–H and O–H groups in total. The second-order valence-electron chi connectivity index (χ2n) is 8.05. The maximum Gasteiger partial charge on any atom is 0.452 e. The Hall–Kier alpha value is -4.09. The third kappa shape index (κ3) is 5.93. The lowest BCUT2D eigenvalue weighted by Crippen LogP contribution is -2.42. The Bertz CT molecular complexity index is 1190. The van der Waals surface area contributed by atoms with Crippen molar-refractivity contribution in [3.05, 3.63) is 60.1 Å². The molecule has 1 aromatic carbocycles. The smallest absolute Gasteiger partial charge is 0.450 e. The number of benzene rings is 1. The molecule has 12 heteroatoms. The molecule has 0 unspecified atom stereocenters. The number of halogens is 3. The number of anilines is 2. The van der Waals surface area contributed by atoms with Gasteiger partial charge in [-0.25, -0.2) is 14.8 Å². The molecule has 3 aromatic rings. The quantitative estimate of drug-likeness (QED) is 0.485. The van der Waals surface area contributed by atoms with Gasteiger partial charge in [-0.05, 0) is 44.0 Å². The Morgan fingerprint density at radius 2 is 1.86 bits per heavy atom. The number of carbonyl (C=O) groups excluding carboxylic acids is 2. The molecule has 9 nitrogen and oxygen atoms in total. The van der Waals surface area contributed by atoms with E-state index in [-0.39, 0.29) is 23.7 Å². The fourth-order valence-electron chi connectivity index (χ4n) is 3.74. The number of alkyl halides is 3. The van der Waals surface area contributed by atoms with E-state index in [1.54, 1.807) is 36.1 Å². The SMILES string of the molecule is CCOC(=O)N1CCC(Nc2ccc(NC(=O)c3nc(-c4ccccc4)oc3C(F)(F)F)cn2)CC1. The zero-order valence-electron chi connectivity index (χ0n) is 19.3.